The number of carbonyl (C=O) groups excluding carboxylic acids is 1. The van der Waals surface area contributed by atoms with Crippen LogP contribution in [0.4, 0.5) is 0 Å². The van der Waals surface area contributed by atoms with E-state index in [2.05, 4.69) is 10.3 Å². The number of hydrogen-bond donors (Lipinski definition) is 3. The number of aromatic hydroxyl groups is 1. The predicted molar refractivity (Wildman–Crippen MR) is 113 cm³/mol. The van der Waals surface area contributed by atoms with E-state index >= 15 is 0 Å². The molecule has 0 radical (unpaired) electrons. The number of amides is 1. The van der Waals surface area contributed by atoms with Crippen LogP contribution in [0.25, 0.3) is 5.70 Å². The number of halogens is 1. The Kier molecular flexibility index (Phi) is 6.08. The summed E-state index contributed by atoms with van der Waals surface area (Å²) in [7, 11) is 3.25. The van der Waals surface area contributed by atoms with Gasteiger partial charge in [0.15, 0.2) is 0 Å². The molecule has 0 bridgehead atoms. The summed E-state index contributed by atoms with van der Waals surface area (Å²) in [5, 5.41) is 21.7. The van der Waals surface area contributed by atoms with E-state index < -0.39 is 6.04 Å². The van der Waals surface area contributed by atoms with Crippen LogP contribution >= 0.6 is 11.6 Å². The number of hydrogen-bond acceptors (Lipinski definition) is 6. The largest absolute Gasteiger partial charge is 0.495 e. The van der Waals surface area contributed by atoms with Crippen molar-refractivity contribution in [1.82, 2.24) is 15.2 Å². The molecule has 1 aromatic heterocycles. The highest BCUT2D eigenvalue weighted by Crippen LogP contribution is 2.31. The van der Waals surface area contributed by atoms with E-state index in [1.54, 1.807) is 42.3 Å². The lowest BCUT2D eigenvalue weighted by molar-refractivity contribution is 0.0728. The van der Waals surface area contributed by atoms with Crippen molar-refractivity contribution in [3.05, 3.63) is 58.3 Å². The van der Waals surface area contributed by atoms with E-state index in [0.29, 0.717) is 41.4 Å². The van der Waals surface area contributed by atoms with Crippen molar-refractivity contribution in [2.24, 2.45) is 0 Å². The van der Waals surface area contributed by atoms with Crippen LogP contribution in [0.2, 0.25) is 5.02 Å². The minimum Gasteiger partial charge on any atom is -0.495 e. The monoisotopic (exact) mass is 414 g/mol. The molecule has 29 heavy (non-hydrogen) atoms. The standard InChI is InChI=1S/C21H23ClN4O3/c1-12-19(23)14(20(24-2)15-7-5-9-17(27)25-15)10-11-26(12)21(28)13-6-4-8-16(29-3)18(13)22/h4-9,12,23-24H,10-11H2,1-3H3,(H,25,27)/b20-14-,23-19?. The van der Waals surface area contributed by atoms with Gasteiger partial charge in [-0.3, -0.25) is 4.79 Å². The molecule has 8 heteroatoms. The molecular weight excluding hydrogens is 392 g/mol. The quantitative estimate of drug-likeness (QED) is 0.712. The van der Waals surface area contributed by atoms with Crippen LogP contribution in [0, 0.1) is 5.41 Å². The molecule has 2 aromatic rings. The Labute approximate surface area is 174 Å². The number of nitrogens with zero attached hydrogens (tertiary/aromatic N) is 2. The molecule has 152 valence electrons. The van der Waals surface area contributed by atoms with Crippen molar-refractivity contribution in [3.8, 4) is 11.6 Å². The van der Waals surface area contributed by atoms with Gasteiger partial charge in [0.2, 0.25) is 5.88 Å². The van der Waals surface area contributed by atoms with Gasteiger partial charge in [0.05, 0.1) is 40.8 Å². The van der Waals surface area contributed by atoms with Gasteiger partial charge in [0.25, 0.3) is 5.91 Å². The van der Waals surface area contributed by atoms with Crippen LogP contribution in [-0.2, 0) is 0 Å². The maximum Gasteiger partial charge on any atom is 0.256 e. The molecule has 1 saturated heterocycles. The Morgan fingerprint density at radius 3 is 2.72 bits per heavy atom. The van der Waals surface area contributed by atoms with Gasteiger partial charge in [-0.2, -0.15) is 0 Å². The molecule has 3 N–H and O–H groups in total. The average molecular weight is 415 g/mol. The smallest absolute Gasteiger partial charge is 0.256 e. The van der Waals surface area contributed by atoms with E-state index in [0.717, 1.165) is 5.57 Å². The summed E-state index contributed by atoms with van der Waals surface area (Å²) in [5.74, 6) is 0.104. The van der Waals surface area contributed by atoms with Crippen molar-refractivity contribution in [2.45, 2.75) is 19.4 Å². The van der Waals surface area contributed by atoms with Crippen molar-refractivity contribution in [2.75, 3.05) is 20.7 Å². The van der Waals surface area contributed by atoms with Gasteiger partial charge in [0, 0.05) is 25.2 Å². The number of nitrogens with one attached hydrogen (secondary N) is 2. The molecule has 1 aliphatic heterocycles. The lowest BCUT2D eigenvalue weighted by Crippen LogP contribution is -2.48. The third kappa shape index (κ3) is 3.91. The van der Waals surface area contributed by atoms with Crippen molar-refractivity contribution < 1.29 is 14.6 Å². The zero-order valence-corrected chi connectivity index (χ0v) is 17.2. The lowest BCUT2D eigenvalue weighted by Gasteiger charge is -2.36. The normalized spacial score (nSPS) is 18.4. The molecule has 1 aromatic carbocycles. The zero-order valence-electron chi connectivity index (χ0n) is 16.5. The first-order valence-corrected chi connectivity index (χ1v) is 9.56. The molecule has 3 rings (SSSR count). The summed E-state index contributed by atoms with van der Waals surface area (Å²) in [5.41, 5.74) is 2.65. The van der Waals surface area contributed by atoms with E-state index in [4.69, 9.17) is 21.7 Å². The average Bonchev–Trinajstić information content (AvgIpc) is 2.71. The fraction of sp³-hybridized carbons (Fsp3) is 0.286. The van der Waals surface area contributed by atoms with Crippen molar-refractivity contribution in [3.63, 3.8) is 0 Å². The Hall–Kier alpha value is -3.06. The highest BCUT2D eigenvalue weighted by Gasteiger charge is 2.33. The van der Waals surface area contributed by atoms with Gasteiger partial charge in [-0.1, -0.05) is 23.7 Å². The van der Waals surface area contributed by atoms with Gasteiger partial charge in [-0.25, -0.2) is 4.98 Å². The molecule has 1 aliphatic rings. The van der Waals surface area contributed by atoms with Gasteiger partial charge < -0.3 is 25.5 Å². The second kappa shape index (κ2) is 8.53. The van der Waals surface area contributed by atoms with Crippen LogP contribution in [-0.4, -0.2) is 53.4 Å². The Morgan fingerprint density at radius 1 is 1.34 bits per heavy atom. The number of benzene rings is 1. The topological polar surface area (TPSA) is 98.5 Å². The molecular formula is C21H23ClN4O3. The molecule has 0 aliphatic carbocycles. The molecule has 1 amide bonds. The first-order valence-electron chi connectivity index (χ1n) is 9.18. The van der Waals surface area contributed by atoms with E-state index in [-0.39, 0.29) is 16.8 Å². The van der Waals surface area contributed by atoms with Crippen LogP contribution in [0.5, 0.6) is 11.6 Å². The van der Waals surface area contributed by atoms with Crippen molar-refractivity contribution in [1.29, 1.82) is 5.41 Å². The first-order chi connectivity index (χ1) is 13.9. The van der Waals surface area contributed by atoms with E-state index in [9.17, 15) is 9.90 Å². The summed E-state index contributed by atoms with van der Waals surface area (Å²) < 4.78 is 5.20. The number of carbonyl (C=O) groups is 1. The lowest BCUT2D eigenvalue weighted by atomic mass is 9.91. The summed E-state index contributed by atoms with van der Waals surface area (Å²) in [6.07, 6.45) is 0.476. The Balaban J connectivity index is 1.92. The van der Waals surface area contributed by atoms with Gasteiger partial charge in [-0.05, 0) is 31.5 Å². The highest BCUT2D eigenvalue weighted by atomic mass is 35.5. The van der Waals surface area contributed by atoms with Gasteiger partial charge in [-0.15, -0.1) is 0 Å². The van der Waals surface area contributed by atoms with Crippen LogP contribution < -0.4 is 10.1 Å². The number of piperidine rings is 1. The second-order valence-electron chi connectivity index (χ2n) is 6.64. The summed E-state index contributed by atoms with van der Waals surface area (Å²) in [4.78, 5) is 18.9. The number of rotatable bonds is 4. The first kappa shape index (κ1) is 20.7. The number of methoxy groups -OCH3 is 1. The van der Waals surface area contributed by atoms with E-state index in [1.807, 2.05) is 6.92 Å². The van der Waals surface area contributed by atoms with Crippen LogP contribution in [0.3, 0.4) is 0 Å². The zero-order chi connectivity index (χ0) is 21.1. The molecule has 1 atom stereocenters. The molecule has 2 heterocycles. The molecule has 0 spiro atoms. The number of pyridine rings is 1. The number of likely N-dealkylation sites (tertiary alicyclic amines) is 1. The third-order valence-electron chi connectivity index (χ3n) is 5.03. The maximum atomic E-state index is 13.1. The Bertz CT molecular complexity index is 990. The molecule has 1 unspecified atom stereocenters. The minimum atomic E-state index is -0.450. The predicted octanol–water partition coefficient (Wildman–Crippen LogP) is 3.33. The molecule has 1 fully saturated rings. The fourth-order valence-electron chi connectivity index (χ4n) is 3.49. The molecule has 7 nitrogen and oxygen atoms in total. The fourth-order valence-corrected chi connectivity index (χ4v) is 3.77. The van der Waals surface area contributed by atoms with Gasteiger partial charge >= 0.3 is 0 Å². The number of ether oxygens (including phenoxy) is 1. The SMILES string of the molecule is CN/C(=C1/CCN(C(=O)c2cccc(OC)c2Cl)C(C)C1=N)c1cccc(O)n1. The minimum absolute atomic E-state index is 0.0873. The molecule has 0 saturated carbocycles. The van der Waals surface area contributed by atoms with Crippen LogP contribution in [0.1, 0.15) is 29.4 Å². The van der Waals surface area contributed by atoms with Crippen molar-refractivity contribution >= 4 is 28.9 Å². The van der Waals surface area contributed by atoms with Crippen LogP contribution in [0.15, 0.2) is 42.0 Å². The second-order valence-corrected chi connectivity index (χ2v) is 7.02. The van der Waals surface area contributed by atoms with Gasteiger partial charge in [0.1, 0.15) is 5.75 Å². The number of aromatic nitrogens is 1. The van der Waals surface area contributed by atoms with E-state index in [1.165, 1.54) is 13.2 Å². The summed E-state index contributed by atoms with van der Waals surface area (Å²) in [6.45, 7) is 2.24. The summed E-state index contributed by atoms with van der Waals surface area (Å²) in [6, 6.07) is 9.59. The third-order valence-corrected chi connectivity index (χ3v) is 5.42. The maximum absolute atomic E-state index is 13.1. The Morgan fingerprint density at radius 2 is 2.07 bits per heavy atom. The summed E-state index contributed by atoms with van der Waals surface area (Å²) >= 11 is 6.33. The highest BCUT2D eigenvalue weighted by molar-refractivity contribution is 6.35.